The van der Waals surface area contributed by atoms with Gasteiger partial charge in [-0.15, -0.1) is 11.3 Å². The zero-order chi connectivity index (χ0) is 10.8. The van der Waals surface area contributed by atoms with Crippen LogP contribution in [0.1, 0.15) is 17.3 Å². The van der Waals surface area contributed by atoms with Crippen LogP contribution in [0.3, 0.4) is 0 Å². The van der Waals surface area contributed by atoms with Gasteiger partial charge >= 0.3 is 5.97 Å². The normalized spacial score (nSPS) is 10.5. The minimum absolute atomic E-state index is 0.0246. The van der Waals surface area contributed by atoms with Gasteiger partial charge in [0.2, 0.25) is 0 Å². The summed E-state index contributed by atoms with van der Waals surface area (Å²) >= 11 is 1.52. The van der Waals surface area contributed by atoms with E-state index in [0.29, 0.717) is 6.61 Å². The lowest BCUT2D eigenvalue weighted by Gasteiger charge is -2.04. The molecule has 0 aliphatic carbocycles. The monoisotopic (exact) mass is 222 g/mol. The van der Waals surface area contributed by atoms with Crippen molar-refractivity contribution in [3.8, 4) is 5.75 Å². The number of thiophene rings is 1. The smallest absolute Gasteiger partial charge is 0.341 e. The van der Waals surface area contributed by atoms with Crippen molar-refractivity contribution in [3.63, 3.8) is 0 Å². The first-order valence-corrected chi connectivity index (χ1v) is 5.47. The zero-order valence-corrected chi connectivity index (χ0v) is 9.00. The summed E-state index contributed by atoms with van der Waals surface area (Å²) in [6.07, 6.45) is 0. The Morgan fingerprint density at radius 1 is 1.53 bits per heavy atom. The second-order valence-corrected chi connectivity index (χ2v) is 4.00. The standard InChI is InChI=1S/C11H10O3S/c1-2-14-11(13)8-5-7-3-4-15-10(7)6-9(8)12/h3-6,12H,2H2,1H3. The summed E-state index contributed by atoms with van der Waals surface area (Å²) in [5.74, 6) is -0.508. The summed E-state index contributed by atoms with van der Waals surface area (Å²) in [7, 11) is 0. The van der Waals surface area contributed by atoms with E-state index in [4.69, 9.17) is 4.74 Å². The highest BCUT2D eigenvalue weighted by Crippen LogP contribution is 2.29. The van der Waals surface area contributed by atoms with E-state index in [-0.39, 0.29) is 11.3 Å². The maximum Gasteiger partial charge on any atom is 0.341 e. The second-order valence-electron chi connectivity index (χ2n) is 3.05. The van der Waals surface area contributed by atoms with E-state index in [2.05, 4.69) is 0 Å². The first-order chi connectivity index (χ1) is 7.22. The molecule has 1 aromatic carbocycles. The van der Waals surface area contributed by atoms with Gasteiger partial charge in [0, 0.05) is 4.70 Å². The van der Waals surface area contributed by atoms with E-state index in [9.17, 15) is 9.90 Å². The van der Waals surface area contributed by atoms with Gasteiger partial charge < -0.3 is 9.84 Å². The fourth-order valence-corrected chi connectivity index (χ4v) is 2.18. The Kier molecular flexibility index (Phi) is 2.60. The largest absolute Gasteiger partial charge is 0.507 e. The van der Waals surface area contributed by atoms with E-state index < -0.39 is 5.97 Å². The quantitative estimate of drug-likeness (QED) is 0.795. The molecule has 3 nitrogen and oxygen atoms in total. The van der Waals surface area contributed by atoms with Gasteiger partial charge in [0.15, 0.2) is 0 Å². The first-order valence-electron chi connectivity index (χ1n) is 4.59. The number of phenolic OH excluding ortho intramolecular Hbond substituents is 1. The van der Waals surface area contributed by atoms with Gasteiger partial charge in [-0.25, -0.2) is 4.79 Å². The summed E-state index contributed by atoms with van der Waals surface area (Å²) in [5.41, 5.74) is 0.225. The molecule has 4 heteroatoms. The minimum Gasteiger partial charge on any atom is -0.507 e. The number of carbonyl (C=O) groups excluding carboxylic acids is 1. The summed E-state index contributed by atoms with van der Waals surface area (Å²) in [4.78, 5) is 11.5. The van der Waals surface area contributed by atoms with E-state index in [1.165, 1.54) is 11.3 Å². The van der Waals surface area contributed by atoms with Crippen LogP contribution in [-0.4, -0.2) is 17.7 Å². The number of rotatable bonds is 2. The van der Waals surface area contributed by atoms with Crippen LogP contribution in [0.4, 0.5) is 0 Å². The molecule has 0 bridgehead atoms. The molecule has 0 amide bonds. The van der Waals surface area contributed by atoms with E-state index >= 15 is 0 Å². The lowest BCUT2D eigenvalue weighted by Crippen LogP contribution is -2.04. The third kappa shape index (κ3) is 1.80. The predicted octanol–water partition coefficient (Wildman–Crippen LogP) is 2.78. The van der Waals surface area contributed by atoms with Crippen LogP contribution < -0.4 is 0 Å². The van der Waals surface area contributed by atoms with E-state index in [1.807, 2.05) is 11.4 Å². The maximum absolute atomic E-state index is 11.5. The Balaban J connectivity index is 2.50. The topological polar surface area (TPSA) is 46.5 Å². The van der Waals surface area contributed by atoms with Crippen molar-refractivity contribution in [2.24, 2.45) is 0 Å². The molecule has 0 radical (unpaired) electrons. The Labute approximate surface area is 90.9 Å². The average Bonchev–Trinajstić information content (AvgIpc) is 2.63. The molecule has 78 valence electrons. The number of esters is 1. The summed E-state index contributed by atoms with van der Waals surface area (Å²) in [6.45, 7) is 2.04. The van der Waals surface area contributed by atoms with Crippen LogP contribution in [0.5, 0.6) is 5.75 Å². The van der Waals surface area contributed by atoms with Crippen molar-refractivity contribution >= 4 is 27.4 Å². The number of hydrogen-bond acceptors (Lipinski definition) is 4. The SMILES string of the molecule is CCOC(=O)c1cc2ccsc2cc1O. The molecule has 0 saturated carbocycles. The third-order valence-corrected chi connectivity index (χ3v) is 2.95. The molecule has 0 aliphatic rings. The molecule has 0 spiro atoms. The van der Waals surface area contributed by atoms with Crippen molar-refractivity contribution in [1.82, 2.24) is 0 Å². The van der Waals surface area contributed by atoms with Crippen molar-refractivity contribution in [1.29, 1.82) is 0 Å². The first kappa shape index (κ1) is 9.98. The second kappa shape index (κ2) is 3.90. The summed E-state index contributed by atoms with van der Waals surface area (Å²) in [6, 6.07) is 5.15. The van der Waals surface area contributed by atoms with Crippen LogP contribution in [-0.2, 0) is 4.74 Å². The molecule has 0 saturated heterocycles. The highest BCUT2D eigenvalue weighted by atomic mass is 32.1. The molecule has 0 atom stereocenters. The van der Waals surface area contributed by atoms with Crippen molar-refractivity contribution in [3.05, 3.63) is 29.1 Å². The van der Waals surface area contributed by atoms with Crippen LogP contribution in [0.2, 0.25) is 0 Å². The van der Waals surface area contributed by atoms with E-state index in [1.54, 1.807) is 19.1 Å². The summed E-state index contributed by atoms with van der Waals surface area (Å²) < 4.78 is 5.80. The molecule has 1 N–H and O–H groups in total. The van der Waals surface area contributed by atoms with Crippen LogP contribution >= 0.6 is 11.3 Å². The van der Waals surface area contributed by atoms with Crippen LogP contribution in [0, 0.1) is 0 Å². The van der Waals surface area contributed by atoms with Crippen LogP contribution in [0.25, 0.3) is 10.1 Å². The Bertz CT molecular complexity index is 502. The molecule has 2 aromatic rings. The van der Waals surface area contributed by atoms with Gasteiger partial charge in [-0.1, -0.05) is 0 Å². The molecule has 0 fully saturated rings. The molecular formula is C11H10O3S. The number of phenols is 1. The number of hydrogen-bond donors (Lipinski definition) is 1. The Morgan fingerprint density at radius 3 is 3.07 bits per heavy atom. The third-order valence-electron chi connectivity index (χ3n) is 2.07. The number of benzene rings is 1. The van der Waals surface area contributed by atoms with Gasteiger partial charge in [0.1, 0.15) is 11.3 Å². The molecule has 1 aromatic heterocycles. The molecule has 0 unspecified atom stereocenters. The van der Waals surface area contributed by atoms with E-state index in [0.717, 1.165) is 10.1 Å². The van der Waals surface area contributed by atoms with Gasteiger partial charge in [-0.3, -0.25) is 0 Å². The van der Waals surface area contributed by atoms with Gasteiger partial charge in [0.05, 0.1) is 6.61 Å². The molecular weight excluding hydrogens is 212 g/mol. The highest BCUT2D eigenvalue weighted by molar-refractivity contribution is 7.17. The molecule has 15 heavy (non-hydrogen) atoms. The number of carbonyl (C=O) groups is 1. The molecule has 1 heterocycles. The van der Waals surface area contributed by atoms with Crippen molar-refractivity contribution in [2.75, 3.05) is 6.61 Å². The maximum atomic E-state index is 11.5. The Morgan fingerprint density at radius 2 is 2.33 bits per heavy atom. The van der Waals surface area contributed by atoms with Crippen LogP contribution in [0.15, 0.2) is 23.6 Å². The Hall–Kier alpha value is -1.55. The van der Waals surface area contributed by atoms with Gasteiger partial charge in [-0.05, 0) is 35.9 Å². The number of aromatic hydroxyl groups is 1. The number of ether oxygens (including phenoxy) is 1. The average molecular weight is 222 g/mol. The lowest BCUT2D eigenvalue weighted by atomic mass is 10.1. The molecule has 0 aliphatic heterocycles. The van der Waals surface area contributed by atoms with Crippen molar-refractivity contribution in [2.45, 2.75) is 6.92 Å². The summed E-state index contributed by atoms with van der Waals surface area (Å²) in [5, 5.41) is 12.5. The fraction of sp³-hybridized carbons (Fsp3) is 0.182. The molecule has 2 rings (SSSR count). The highest BCUT2D eigenvalue weighted by Gasteiger charge is 2.13. The van der Waals surface area contributed by atoms with Crippen molar-refractivity contribution < 1.29 is 14.6 Å². The van der Waals surface area contributed by atoms with Gasteiger partial charge in [-0.2, -0.15) is 0 Å². The zero-order valence-electron chi connectivity index (χ0n) is 8.19. The fourth-order valence-electron chi connectivity index (χ4n) is 1.37. The van der Waals surface area contributed by atoms with Gasteiger partial charge in [0.25, 0.3) is 0 Å². The predicted molar refractivity (Wildman–Crippen MR) is 59.4 cm³/mol. The number of fused-ring (bicyclic) bond motifs is 1. The lowest BCUT2D eigenvalue weighted by molar-refractivity contribution is 0.0523. The minimum atomic E-state index is -0.483.